The standard InChI is InChI=1S/C19H28Cl2N4O.HI/c1-2-22-19(23-5-3-15-11-16(20)13-17(21)12-15)25-6-4-18(14-25)24-7-9-26-10-8-24;/h11-13,18H,2-10,14H2,1H3,(H,22,23);1H. The number of hydrogen-bond acceptors (Lipinski definition) is 3. The SMILES string of the molecule is CCNC(=NCCc1cc(Cl)cc(Cl)c1)N1CCC(N2CCOCC2)C1.I. The molecule has 1 unspecified atom stereocenters. The summed E-state index contributed by atoms with van der Waals surface area (Å²) in [4.78, 5) is 9.77. The minimum absolute atomic E-state index is 0. The molecule has 1 aromatic carbocycles. The maximum absolute atomic E-state index is 6.08. The lowest BCUT2D eigenvalue weighted by molar-refractivity contribution is 0.0195. The van der Waals surface area contributed by atoms with Gasteiger partial charge in [0.25, 0.3) is 0 Å². The fourth-order valence-corrected chi connectivity index (χ4v) is 4.22. The van der Waals surface area contributed by atoms with Crippen LogP contribution in [0.4, 0.5) is 0 Å². The summed E-state index contributed by atoms with van der Waals surface area (Å²) in [5.41, 5.74) is 1.12. The van der Waals surface area contributed by atoms with Crippen molar-refractivity contribution in [1.29, 1.82) is 0 Å². The Kier molecular flexibility index (Phi) is 9.93. The number of aliphatic imine (C=N–C) groups is 1. The van der Waals surface area contributed by atoms with Gasteiger partial charge in [-0.05, 0) is 43.5 Å². The molecule has 2 aliphatic rings. The van der Waals surface area contributed by atoms with Crippen molar-refractivity contribution in [2.24, 2.45) is 4.99 Å². The monoisotopic (exact) mass is 526 g/mol. The van der Waals surface area contributed by atoms with Crippen LogP contribution in [0.3, 0.4) is 0 Å². The molecule has 1 aromatic rings. The Labute approximate surface area is 189 Å². The molecule has 27 heavy (non-hydrogen) atoms. The first-order valence-corrected chi connectivity index (χ1v) is 10.2. The van der Waals surface area contributed by atoms with Gasteiger partial charge < -0.3 is 15.0 Å². The first kappa shape index (κ1) is 23.0. The molecule has 0 spiro atoms. The molecule has 2 aliphatic heterocycles. The highest BCUT2D eigenvalue weighted by Gasteiger charge is 2.30. The molecule has 3 rings (SSSR count). The molecule has 152 valence electrons. The van der Waals surface area contributed by atoms with Crippen LogP contribution in [-0.2, 0) is 11.2 Å². The smallest absolute Gasteiger partial charge is 0.193 e. The van der Waals surface area contributed by atoms with E-state index in [2.05, 4.69) is 22.0 Å². The Morgan fingerprint density at radius 1 is 1.19 bits per heavy atom. The summed E-state index contributed by atoms with van der Waals surface area (Å²) in [6.07, 6.45) is 2.02. The molecule has 0 aromatic heterocycles. The van der Waals surface area contributed by atoms with Crippen molar-refractivity contribution < 1.29 is 4.74 Å². The van der Waals surface area contributed by atoms with Crippen molar-refractivity contribution in [3.05, 3.63) is 33.8 Å². The van der Waals surface area contributed by atoms with Gasteiger partial charge in [-0.1, -0.05) is 23.2 Å². The molecule has 2 saturated heterocycles. The van der Waals surface area contributed by atoms with Crippen LogP contribution in [0.5, 0.6) is 0 Å². The Bertz CT molecular complexity index is 605. The van der Waals surface area contributed by atoms with E-state index in [-0.39, 0.29) is 24.0 Å². The van der Waals surface area contributed by atoms with Crippen molar-refractivity contribution >= 4 is 53.1 Å². The molecule has 2 heterocycles. The zero-order valence-electron chi connectivity index (χ0n) is 15.8. The quantitative estimate of drug-likeness (QED) is 0.362. The topological polar surface area (TPSA) is 40.1 Å². The van der Waals surface area contributed by atoms with Crippen LogP contribution in [-0.4, -0.2) is 74.3 Å². The van der Waals surface area contributed by atoms with Crippen LogP contribution >= 0.6 is 47.2 Å². The van der Waals surface area contributed by atoms with E-state index in [1.165, 1.54) is 6.42 Å². The van der Waals surface area contributed by atoms with Crippen molar-refractivity contribution in [2.45, 2.75) is 25.8 Å². The van der Waals surface area contributed by atoms with Crippen molar-refractivity contribution in [1.82, 2.24) is 15.1 Å². The third-order valence-corrected chi connectivity index (χ3v) is 5.38. The van der Waals surface area contributed by atoms with Gasteiger partial charge in [-0.3, -0.25) is 9.89 Å². The molecule has 0 bridgehead atoms. The fraction of sp³-hybridized carbons (Fsp3) is 0.632. The number of nitrogens with zero attached hydrogens (tertiary/aromatic N) is 3. The minimum atomic E-state index is 0. The number of ether oxygens (including phenoxy) is 1. The zero-order valence-corrected chi connectivity index (χ0v) is 19.6. The third-order valence-electron chi connectivity index (χ3n) is 4.94. The average Bonchev–Trinajstić information content (AvgIpc) is 3.11. The summed E-state index contributed by atoms with van der Waals surface area (Å²) < 4.78 is 5.47. The van der Waals surface area contributed by atoms with Gasteiger partial charge in [0.15, 0.2) is 5.96 Å². The van der Waals surface area contributed by atoms with Crippen LogP contribution in [0.15, 0.2) is 23.2 Å². The highest BCUT2D eigenvalue weighted by atomic mass is 127. The van der Waals surface area contributed by atoms with E-state index in [0.717, 1.165) is 70.4 Å². The maximum atomic E-state index is 6.08. The first-order valence-electron chi connectivity index (χ1n) is 9.45. The van der Waals surface area contributed by atoms with E-state index < -0.39 is 0 Å². The zero-order chi connectivity index (χ0) is 18.4. The highest BCUT2D eigenvalue weighted by Crippen LogP contribution is 2.20. The molecule has 0 saturated carbocycles. The number of likely N-dealkylation sites (tertiary alicyclic amines) is 1. The lowest BCUT2D eigenvalue weighted by Crippen LogP contribution is -2.46. The van der Waals surface area contributed by atoms with Gasteiger partial charge in [-0.25, -0.2) is 0 Å². The lowest BCUT2D eigenvalue weighted by atomic mass is 10.1. The molecule has 2 fully saturated rings. The van der Waals surface area contributed by atoms with Crippen molar-refractivity contribution in [3.8, 4) is 0 Å². The molecule has 1 N–H and O–H groups in total. The van der Waals surface area contributed by atoms with Gasteiger partial charge in [0, 0.05) is 55.4 Å². The number of guanidine groups is 1. The summed E-state index contributed by atoms with van der Waals surface area (Å²) >= 11 is 12.2. The van der Waals surface area contributed by atoms with Gasteiger partial charge in [-0.2, -0.15) is 0 Å². The van der Waals surface area contributed by atoms with Gasteiger partial charge in [0.1, 0.15) is 0 Å². The van der Waals surface area contributed by atoms with Crippen LogP contribution in [0, 0.1) is 0 Å². The van der Waals surface area contributed by atoms with Crippen molar-refractivity contribution in [2.75, 3.05) is 52.5 Å². The Hall–Kier alpha value is -0.280. The Morgan fingerprint density at radius 2 is 1.89 bits per heavy atom. The molecule has 1 atom stereocenters. The molecule has 0 aliphatic carbocycles. The van der Waals surface area contributed by atoms with Gasteiger partial charge in [0.05, 0.1) is 13.2 Å². The first-order chi connectivity index (χ1) is 12.7. The number of nitrogens with one attached hydrogen (secondary N) is 1. The van der Waals surface area contributed by atoms with Gasteiger partial charge in [0.2, 0.25) is 0 Å². The summed E-state index contributed by atoms with van der Waals surface area (Å²) in [5.74, 6) is 1.01. The molecule has 5 nitrogen and oxygen atoms in total. The average molecular weight is 527 g/mol. The largest absolute Gasteiger partial charge is 0.379 e. The molecule has 0 radical (unpaired) electrons. The maximum Gasteiger partial charge on any atom is 0.193 e. The van der Waals surface area contributed by atoms with E-state index in [1.807, 2.05) is 12.1 Å². The molecular formula is C19H29Cl2IN4O. The van der Waals surface area contributed by atoms with E-state index in [9.17, 15) is 0 Å². The number of hydrogen-bond donors (Lipinski definition) is 1. The molecule has 8 heteroatoms. The van der Waals surface area contributed by atoms with Crippen LogP contribution in [0.25, 0.3) is 0 Å². The Morgan fingerprint density at radius 3 is 2.56 bits per heavy atom. The van der Waals surface area contributed by atoms with Crippen molar-refractivity contribution in [3.63, 3.8) is 0 Å². The van der Waals surface area contributed by atoms with Crippen LogP contribution in [0.1, 0.15) is 18.9 Å². The fourth-order valence-electron chi connectivity index (χ4n) is 3.65. The van der Waals surface area contributed by atoms with Crippen LogP contribution in [0.2, 0.25) is 10.0 Å². The summed E-state index contributed by atoms with van der Waals surface area (Å²) in [6.45, 7) is 9.59. The number of rotatable bonds is 5. The summed E-state index contributed by atoms with van der Waals surface area (Å²) in [5, 5.41) is 4.79. The van der Waals surface area contributed by atoms with Gasteiger partial charge in [-0.15, -0.1) is 24.0 Å². The van der Waals surface area contributed by atoms with E-state index in [1.54, 1.807) is 6.07 Å². The van der Waals surface area contributed by atoms with E-state index in [4.69, 9.17) is 32.9 Å². The van der Waals surface area contributed by atoms with E-state index in [0.29, 0.717) is 16.1 Å². The second-order valence-electron chi connectivity index (χ2n) is 6.80. The minimum Gasteiger partial charge on any atom is -0.379 e. The van der Waals surface area contributed by atoms with E-state index >= 15 is 0 Å². The number of halogens is 3. The molecule has 0 amide bonds. The normalized spacial score (nSPS) is 21.2. The second-order valence-corrected chi connectivity index (χ2v) is 7.67. The lowest BCUT2D eigenvalue weighted by Gasteiger charge is -2.32. The molecular weight excluding hydrogens is 498 g/mol. The second kappa shape index (κ2) is 11.7. The Balaban J connectivity index is 0.00000261. The predicted molar refractivity (Wildman–Crippen MR) is 124 cm³/mol. The predicted octanol–water partition coefficient (Wildman–Crippen LogP) is 3.53. The highest BCUT2D eigenvalue weighted by molar-refractivity contribution is 14.0. The summed E-state index contributed by atoms with van der Waals surface area (Å²) in [7, 11) is 0. The third kappa shape index (κ3) is 6.92. The van der Waals surface area contributed by atoms with Crippen LogP contribution < -0.4 is 5.32 Å². The summed E-state index contributed by atoms with van der Waals surface area (Å²) in [6, 6.07) is 6.28. The van der Waals surface area contributed by atoms with Gasteiger partial charge >= 0.3 is 0 Å². The number of morpholine rings is 1. The number of benzene rings is 1.